The highest BCUT2D eigenvalue weighted by Crippen LogP contribution is 2.33. The molecule has 0 radical (unpaired) electrons. The van der Waals surface area contributed by atoms with Crippen LogP contribution in [0.5, 0.6) is 0 Å². The van der Waals surface area contributed by atoms with Gasteiger partial charge in [-0.15, -0.1) is 0 Å². The predicted octanol–water partition coefficient (Wildman–Crippen LogP) is 6.81. The van der Waals surface area contributed by atoms with Gasteiger partial charge in [0.2, 0.25) is 0 Å². The molecular weight excluding hydrogens is 525 g/mol. The SMILES string of the molecule is OC(CNc1cccc(C(F)(F)F)c1)Cn1c2ccc(Br)cc2c2cc(Br)ccc21. The number of nitrogens with one attached hydrogen (secondary N) is 1. The highest BCUT2D eigenvalue weighted by atomic mass is 79.9. The topological polar surface area (TPSA) is 37.2 Å². The van der Waals surface area contributed by atoms with Crippen LogP contribution in [0.25, 0.3) is 21.8 Å². The number of halogens is 5. The van der Waals surface area contributed by atoms with Crippen molar-refractivity contribution >= 4 is 59.4 Å². The summed E-state index contributed by atoms with van der Waals surface area (Å²) < 4.78 is 42.6. The minimum absolute atomic E-state index is 0.121. The van der Waals surface area contributed by atoms with Gasteiger partial charge in [0, 0.05) is 43.0 Å². The smallest absolute Gasteiger partial charge is 0.389 e. The first-order valence-corrected chi connectivity index (χ1v) is 10.8. The first-order chi connectivity index (χ1) is 14.2. The number of anilines is 1. The van der Waals surface area contributed by atoms with Gasteiger partial charge < -0.3 is 15.0 Å². The van der Waals surface area contributed by atoms with Crippen molar-refractivity contribution in [2.75, 3.05) is 11.9 Å². The molecule has 0 amide bonds. The summed E-state index contributed by atoms with van der Waals surface area (Å²) in [6.07, 6.45) is -5.20. The van der Waals surface area contributed by atoms with Gasteiger partial charge >= 0.3 is 6.18 Å². The summed E-state index contributed by atoms with van der Waals surface area (Å²) in [6.45, 7) is 0.421. The van der Waals surface area contributed by atoms with Gasteiger partial charge in [0.15, 0.2) is 0 Å². The van der Waals surface area contributed by atoms with E-state index >= 15 is 0 Å². The first-order valence-electron chi connectivity index (χ1n) is 9.18. The number of rotatable bonds is 5. The molecule has 0 aliphatic rings. The van der Waals surface area contributed by atoms with E-state index in [0.717, 1.165) is 42.9 Å². The molecule has 0 spiro atoms. The van der Waals surface area contributed by atoms with E-state index in [1.165, 1.54) is 6.07 Å². The Labute approximate surface area is 187 Å². The third-order valence-electron chi connectivity index (χ3n) is 4.91. The van der Waals surface area contributed by atoms with Crippen LogP contribution in [0.1, 0.15) is 5.56 Å². The Bertz CT molecular complexity index is 1160. The van der Waals surface area contributed by atoms with Gasteiger partial charge in [-0.1, -0.05) is 37.9 Å². The third-order valence-corrected chi connectivity index (χ3v) is 5.90. The van der Waals surface area contributed by atoms with E-state index < -0.39 is 17.8 Å². The molecule has 1 heterocycles. The largest absolute Gasteiger partial charge is 0.416 e. The van der Waals surface area contributed by atoms with Gasteiger partial charge in [-0.2, -0.15) is 13.2 Å². The van der Waals surface area contributed by atoms with Crippen LogP contribution >= 0.6 is 31.9 Å². The lowest BCUT2D eigenvalue weighted by molar-refractivity contribution is -0.137. The molecule has 0 aliphatic carbocycles. The molecule has 1 aromatic heterocycles. The average molecular weight is 542 g/mol. The molecule has 0 saturated carbocycles. The van der Waals surface area contributed by atoms with Crippen LogP contribution in [0.4, 0.5) is 18.9 Å². The summed E-state index contributed by atoms with van der Waals surface area (Å²) in [5, 5.41) is 15.6. The van der Waals surface area contributed by atoms with Crippen LogP contribution in [0.3, 0.4) is 0 Å². The zero-order chi connectivity index (χ0) is 21.5. The fourth-order valence-corrected chi connectivity index (χ4v) is 4.28. The molecule has 156 valence electrons. The van der Waals surface area contributed by atoms with E-state index in [1.54, 1.807) is 6.07 Å². The number of hydrogen-bond acceptors (Lipinski definition) is 2. The highest BCUT2D eigenvalue weighted by Gasteiger charge is 2.30. The fraction of sp³-hybridized carbons (Fsp3) is 0.182. The molecule has 4 rings (SSSR count). The molecule has 0 aliphatic heterocycles. The van der Waals surface area contributed by atoms with Gasteiger partial charge in [0.1, 0.15) is 0 Å². The Balaban J connectivity index is 1.58. The minimum Gasteiger partial charge on any atom is -0.389 e. The van der Waals surface area contributed by atoms with E-state index in [4.69, 9.17) is 0 Å². The molecule has 0 bridgehead atoms. The Kier molecular flexibility index (Phi) is 5.83. The van der Waals surface area contributed by atoms with E-state index in [2.05, 4.69) is 37.2 Å². The zero-order valence-electron chi connectivity index (χ0n) is 15.5. The van der Waals surface area contributed by atoms with Crippen molar-refractivity contribution in [3.8, 4) is 0 Å². The molecule has 3 nitrogen and oxygen atoms in total. The molecule has 1 unspecified atom stereocenters. The zero-order valence-corrected chi connectivity index (χ0v) is 18.7. The highest BCUT2D eigenvalue weighted by molar-refractivity contribution is 9.10. The molecule has 0 saturated heterocycles. The lowest BCUT2D eigenvalue weighted by Crippen LogP contribution is -2.25. The quantitative estimate of drug-likeness (QED) is 0.291. The number of nitrogens with zero attached hydrogens (tertiary/aromatic N) is 1. The van der Waals surface area contributed by atoms with Crippen LogP contribution in [0, 0.1) is 0 Å². The molecule has 30 heavy (non-hydrogen) atoms. The first kappa shape index (κ1) is 21.2. The van der Waals surface area contributed by atoms with Crippen molar-refractivity contribution in [3.63, 3.8) is 0 Å². The summed E-state index contributed by atoms with van der Waals surface area (Å²) in [6, 6.07) is 16.9. The fourth-order valence-electron chi connectivity index (χ4n) is 3.56. The summed E-state index contributed by atoms with van der Waals surface area (Å²) in [5.41, 5.74) is 1.55. The van der Waals surface area contributed by atoms with Gasteiger partial charge in [0.25, 0.3) is 0 Å². The standard InChI is InChI=1S/C22H17Br2F3N2O/c23-14-4-6-20-18(9-14)19-10-15(24)5-7-21(19)29(20)12-17(30)11-28-16-3-1-2-13(8-16)22(25,26)27/h1-10,17,28,30H,11-12H2. The maximum atomic E-state index is 12.9. The Morgan fingerprint density at radius 3 is 2.07 bits per heavy atom. The van der Waals surface area contributed by atoms with Gasteiger partial charge in [0.05, 0.1) is 18.2 Å². The van der Waals surface area contributed by atoms with E-state index in [9.17, 15) is 18.3 Å². The van der Waals surface area contributed by atoms with Crippen molar-refractivity contribution in [1.82, 2.24) is 4.57 Å². The number of fused-ring (bicyclic) bond motifs is 3. The predicted molar refractivity (Wildman–Crippen MR) is 121 cm³/mol. The molecule has 2 N–H and O–H groups in total. The van der Waals surface area contributed by atoms with Crippen LogP contribution in [0.15, 0.2) is 69.6 Å². The normalized spacial score (nSPS) is 13.1. The summed E-state index contributed by atoms with van der Waals surface area (Å²) in [4.78, 5) is 0. The van der Waals surface area contributed by atoms with Gasteiger partial charge in [-0.05, 0) is 54.6 Å². The molecule has 4 aromatic rings. The molecule has 1 atom stereocenters. The molecule has 0 fully saturated rings. The minimum atomic E-state index is -4.40. The van der Waals surface area contributed by atoms with E-state index in [-0.39, 0.29) is 6.54 Å². The number of benzene rings is 3. The second kappa shape index (κ2) is 8.24. The second-order valence-corrected chi connectivity index (χ2v) is 8.88. The number of aliphatic hydroxyl groups excluding tert-OH is 1. The summed E-state index contributed by atoms with van der Waals surface area (Å²) in [7, 11) is 0. The Morgan fingerprint density at radius 2 is 1.50 bits per heavy atom. The van der Waals surface area contributed by atoms with Gasteiger partial charge in [-0.3, -0.25) is 0 Å². The van der Waals surface area contributed by atoms with Crippen molar-refractivity contribution < 1.29 is 18.3 Å². The van der Waals surface area contributed by atoms with Crippen molar-refractivity contribution in [2.45, 2.75) is 18.8 Å². The molecule has 3 aromatic carbocycles. The number of alkyl halides is 3. The number of hydrogen-bond donors (Lipinski definition) is 2. The Hall–Kier alpha value is -2.03. The van der Waals surface area contributed by atoms with E-state index in [0.29, 0.717) is 12.2 Å². The van der Waals surface area contributed by atoms with Crippen molar-refractivity contribution in [3.05, 3.63) is 75.2 Å². The number of aromatic nitrogens is 1. The van der Waals surface area contributed by atoms with Crippen LogP contribution < -0.4 is 5.32 Å². The van der Waals surface area contributed by atoms with Crippen LogP contribution in [0.2, 0.25) is 0 Å². The third kappa shape index (κ3) is 4.36. The number of aliphatic hydroxyl groups is 1. The average Bonchev–Trinajstić information content (AvgIpc) is 2.98. The maximum absolute atomic E-state index is 12.9. The lowest BCUT2D eigenvalue weighted by Gasteiger charge is -2.16. The molecule has 8 heteroatoms. The van der Waals surface area contributed by atoms with Crippen LogP contribution in [-0.2, 0) is 12.7 Å². The Morgan fingerprint density at radius 1 is 0.900 bits per heavy atom. The van der Waals surface area contributed by atoms with E-state index in [1.807, 2.05) is 41.0 Å². The summed E-state index contributed by atoms with van der Waals surface area (Å²) in [5.74, 6) is 0. The molecular formula is C22H17Br2F3N2O. The second-order valence-electron chi connectivity index (χ2n) is 7.05. The van der Waals surface area contributed by atoms with Crippen LogP contribution in [-0.4, -0.2) is 22.3 Å². The monoisotopic (exact) mass is 540 g/mol. The van der Waals surface area contributed by atoms with Crippen molar-refractivity contribution in [1.29, 1.82) is 0 Å². The van der Waals surface area contributed by atoms with Gasteiger partial charge in [-0.25, -0.2) is 0 Å². The van der Waals surface area contributed by atoms with Crippen molar-refractivity contribution in [2.24, 2.45) is 0 Å². The lowest BCUT2D eigenvalue weighted by atomic mass is 10.2. The maximum Gasteiger partial charge on any atom is 0.416 e. The summed E-state index contributed by atoms with van der Waals surface area (Å²) >= 11 is 7.01.